The molecule has 2 heterocycles. The van der Waals surface area contributed by atoms with Gasteiger partial charge in [0, 0.05) is 49.9 Å². The van der Waals surface area contributed by atoms with Crippen LogP contribution in [0.15, 0.2) is 211 Å². The molecular weight excluding hydrogens is 669 g/mol. The molecule has 0 radical (unpaired) electrons. The van der Waals surface area contributed by atoms with Gasteiger partial charge < -0.3 is 13.9 Å². The van der Waals surface area contributed by atoms with Crippen molar-refractivity contribution in [3.05, 3.63) is 206 Å². The standard InChI is InChI=1S/C52H34N2O/c1-4-14-35(15-5-1)36-24-27-40(28-25-36)53(41-29-30-49-46(32-41)44-22-12-13-23-48(44)54(49)39-19-8-3-9-20-39)42-33-45(37-16-6-2-7-17-37)52-47(34-42)51-43-21-11-10-18-38(43)26-31-50(51)55-52/h1-34H. The highest BCUT2D eigenvalue weighted by Gasteiger charge is 2.22. The monoisotopic (exact) mass is 702 g/mol. The van der Waals surface area contributed by atoms with Crippen LogP contribution in [0.5, 0.6) is 0 Å². The second-order valence-electron chi connectivity index (χ2n) is 14.1. The van der Waals surface area contributed by atoms with Crippen LogP contribution in [0.4, 0.5) is 17.1 Å². The van der Waals surface area contributed by atoms with E-state index in [0.29, 0.717) is 0 Å². The molecule has 0 saturated heterocycles. The van der Waals surface area contributed by atoms with Gasteiger partial charge in [0.15, 0.2) is 0 Å². The summed E-state index contributed by atoms with van der Waals surface area (Å²) in [4.78, 5) is 2.40. The number of aromatic nitrogens is 1. The number of anilines is 3. The maximum Gasteiger partial charge on any atom is 0.143 e. The summed E-state index contributed by atoms with van der Waals surface area (Å²) in [6.07, 6.45) is 0. The smallest absolute Gasteiger partial charge is 0.143 e. The number of hydrogen-bond acceptors (Lipinski definition) is 2. The van der Waals surface area contributed by atoms with Crippen LogP contribution >= 0.6 is 0 Å². The minimum Gasteiger partial charge on any atom is -0.455 e. The number of rotatable bonds is 6. The van der Waals surface area contributed by atoms with Crippen LogP contribution in [-0.4, -0.2) is 4.57 Å². The zero-order valence-electron chi connectivity index (χ0n) is 29.9. The third kappa shape index (κ3) is 5.13. The number of nitrogens with zero attached hydrogens (tertiary/aromatic N) is 2. The number of para-hydroxylation sites is 2. The Bertz CT molecular complexity index is 3180. The number of benzene rings is 9. The molecular formula is C52H34N2O. The van der Waals surface area contributed by atoms with E-state index in [1.165, 1.54) is 43.7 Å². The van der Waals surface area contributed by atoms with E-state index < -0.39 is 0 Å². The van der Waals surface area contributed by atoms with Gasteiger partial charge in [-0.1, -0.05) is 140 Å². The van der Waals surface area contributed by atoms with Gasteiger partial charge in [0.05, 0.1) is 11.0 Å². The lowest BCUT2D eigenvalue weighted by Gasteiger charge is -2.27. The van der Waals surface area contributed by atoms with Crippen molar-refractivity contribution in [2.45, 2.75) is 0 Å². The average molecular weight is 703 g/mol. The van der Waals surface area contributed by atoms with Crippen molar-refractivity contribution in [3.8, 4) is 27.9 Å². The van der Waals surface area contributed by atoms with Crippen LogP contribution in [-0.2, 0) is 0 Å². The topological polar surface area (TPSA) is 21.3 Å². The summed E-state index contributed by atoms with van der Waals surface area (Å²) in [5, 5.41) is 7.02. The molecule has 0 aliphatic carbocycles. The molecule has 0 fully saturated rings. The molecule has 3 heteroatoms. The predicted octanol–water partition coefficient (Wildman–Crippen LogP) is 14.6. The Balaban J connectivity index is 1.20. The molecule has 0 amide bonds. The zero-order valence-corrected chi connectivity index (χ0v) is 29.9. The number of fused-ring (bicyclic) bond motifs is 8. The lowest BCUT2D eigenvalue weighted by atomic mass is 9.98. The molecule has 0 bridgehead atoms. The van der Waals surface area contributed by atoms with Gasteiger partial charge in [-0.25, -0.2) is 0 Å². The van der Waals surface area contributed by atoms with E-state index in [-0.39, 0.29) is 0 Å². The second-order valence-corrected chi connectivity index (χ2v) is 14.1. The Kier molecular flexibility index (Phi) is 7.17. The normalized spacial score (nSPS) is 11.6. The molecule has 0 unspecified atom stereocenters. The van der Waals surface area contributed by atoms with Gasteiger partial charge in [-0.2, -0.15) is 0 Å². The summed E-state index contributed by atoms with van der Waals surface area (Å²) in [7, 11) is 0. The molecule has 0 spiro atoms. The van der Waals surface area contributed by atoms with Crippen molar-refractivity contribution in [2.24, 2.45) is 0 Å². The van der Waals surface area contributed by atoms with Crippen molar-refractivity contribution in [3.63, 3.8) is 0 Å². The summed E-state index contributed by atoms with van der Waals surface area (Å²) < 4.78 is 9.16. The Morgan fingerprint density at radius 2 is 0.982 bits per heavy atom. The molecule has 0 N–H and O–H groups in total. The van der Waals surface area contributed by atoms with Gasteiger partial charge in [-0.3, -0.25) is 0 Å². The maximum atomic E-state index is 6.79. The Morgan fingerprint density at radius 1 is 0.382 bits per heavy atom. The Hall–Kier alpha value is -7.36. The summed E-state index contributed by atoms with van der Waals surface area (Å²) in [6, 6.07) is 73.9. The first-order valence-corrected chi connectivity index (χ1v) is 18.8. The molecule has 3 nitrogen and oxygen atoms in total. The molecule has 0 saturated carbocycles. The summed E-state index contributed by atoms with van der Waals surface area (Å²) >= 11 is 0. The summed E-state index contributed by atoms with van der Waals surface area (Å²) in [6.45, 7) is 0. The lowest BCUT2D eigenvalue weighted by molar-refractivity contribution is 0.670. The molecule has 0 aliphatic rings. The summed E-state index contributed by atoms with van der Waals surface area (Å²) in [5.41, 5.74) is 13.0. The van der Waals surface area contributed by atoms with E-state index in [1.807, 2.05) is 0 Å². The molecule has 0 atom stereocenters. The first kappa shape index (κ1) is 31.2. The first-order valence-electron chi connectivity index (χ1n) is 18.8. The SMILES string of the molecule is c1ccc(-c2ccc(N(c3cc(-c4ccccc4)c4oc5ccc6ccccc6c5c4c3)c3ccc4c(c3)c3ccccc3n4-c3ccccc3)cc2)cc1. The van der Waals surface area contributed by atoms with Gasteiger partial charge in [0.1, 0.15) is 11.2 Å². The fourth-order valence-electron chi connectivity index (χ4n) is 8.43. The molecule has 55 heavy (non-hydrogen) atoms. The number of furan rings is 1. The van der Waals surface area contributed by atoms with Gasteiger partial charge in [0.25, 0.3) is 0 Å². The van der Waals surface area contributed by atoms with Crippen LogP contribution in [0.1, 0.15) is 0 Å². The average Bonchev–Trinajstić information content (AvgIpc) is 3.81. The predicted molar refractivity (Wildman–Crippen MR) is 231 cm³/mol. The highest BCUT2D eigenvalue weighted by atomic mass is 16.3. The maximum absolute atomic E-state index is 6.79. The van der Waals surface area contributed by atoms with Crippen LogP contribution < -0.4 is 4.90 Å². The minimum absolute atomic E-state index is 0.886. The van der Waals surface area contributed by atoms with Gasteiger partial charge in [-0.05, 0) is 94.2 Å². The Labute approximate surface area is 318 Å². The zero-order chi connectivity index (χ0) is 36.3. The van der Waals surface area contributed by atoms with E-state index in [0.717, 1.165) is 55.8 Å². The van der Waals surface area contributed by atoms with E-state index in [2.05, 4.69) is 216 Å². The van der Waals surface area contributed by atoms with Crippen LogP contribution in [0.3, 0.4) is 0 Å². The van der Waals surface area contributed by atoms with Gasteiger partial charge in [0.2, 0.25) is 0 Å². The van der Waals surface area contributed by atoms with Crippen molar-refractivity contribution < 1.29 is 4.42 Å². The molecule has 258 valence electrons. The highest BCUT2D eigenvalue weighted by Crippen LogP contribution is 2.46. The molecule has 2 aromatic heterocycles. The molecule has 11 aromatic rings. The van der Waals surface area contributed by atoms with E-state index in [1.54, 1.807) is 0 Å². The molecule has 11 rings (SSSR count). The Morgan fingerprint density at radius 3 is 1.76 bits per heavy atom. The fraction of sp³-hybridized carbons (Fsp3) is 0. The third-order valence-corrected chi connectivity index (χ3v) is 11.0. The highest BCUT2D eigenvalue weighted by molar-refractivity contribution is 6.21. The second kappa shape index (κ2) is 12.6. The fourth-order valence-corrected chi connectivity index (χ4v) is 8.43. The van der Waals surface area contributed by atoms with E-state index in [4.69, 9.17) is 4.42 Å². The van der Waals surface area contributed by atoms with Crippen molar-refractivity contribution in [2.75, 3.05) is 4.90 Å². The van der Waals surface area contributed by atoms with Crippen LogP contribution in [0, 0.1) is 0 Å². The van der Waals surface area contributed by atoms with Crippen LogP contribution in [0.25, 0.3) is 82.5 Å². The molecule has 9 aromatic carbocycles. The van der Waals surface area contributed by atoms with E-state index >= 15 is 0 Å². The third-order valence-electron chi connectivity index (χ3n) is 11.0. The van der Waals surface area contributed by atoms with Crippen molar-refractivity contribution >= 4 is 71.6 Å². The van der Waals surface area contributed by atoms with Gasteiger partial charge in [-0.15, -0.1) is 0 Å². The quantitative estimate of drug-likeness (QED) is 0.172. The largest absolute Gasteiger partial charge is 0.455 e. The number of hydrogen-bond donors (Lipinski definition) is 0. The minimum atomic E-state index is 0.886. The first-order chi connectivity index (χ1) is 27.3. The van der Waals surface area contributed by atoms with Crippen molar-refractivity contribution in [1.82, 2.24) is 4.57 Å². The van der Waals surface area contributed by atoms with Gasteiger partial charge >= 0.3 is 0 Å². The summed E-state index contributed by atoms with van der Waals surface area (Å²) in [5.74, 6) is 0. The lowest BCUT2D eigenvalue weighted by Crippen LogP contribution is -2.10. The van der Waals surface area contributed by atoms with Crippen LogP contribution in [0.2, 0.25) is 0 Å². The van der Waals surface area contributed by atoms with Crippen molar-refractivity contribution in [1.29, 1.82) is 0 Å². The van der Waals surface area contributed by atoms with E-state index in [9.17, 15) is 0 Å². The molecule has 0 aliphatic heterocycles.